The molecule has 0 unspecified atom stereocenters. The van der Waals surface area contributed by atoms with Crippen LogP contribution in [0.4, 0.5) is 4.79 Å². The van der Waals surface area contributed by atoms with E-state index in [0.29, 0.717) is 19.4 Å². The van der Waals surface area contributed by atoms with Crippen LogP contribution in [0.3, 0.4) is 0 Å². The zero-order valence-corrected chi connectivity index (χ0v) is 12.6. The van der Waals surface area contributed by atoms with Crippen molar-refractivity contribution in [1.82, 2.24) is 10.6 Å². The van der Waals surface area contributed by atoms with Crippen LogP contribution in [-0.4, -0.2) is 29.2 Å². The molecule has 0 bridgehead atoms. The average molecular weight is 294 g/mol. The van der Waals surface area contributed by atoms with Crippen molar-refractivity contribution < 1.29 is 14.7 Å². The van der Waals surface area contributed by atoms with Crippen molar-refractivity contribution in [2.45, 2.75) is 69.7 Å². The van der Waals surface area contributed by atoms with Gasteiger partial charge in [-0.1, -0.05) is 30.9 Å². The summed E-state index contributed by atoms with van der Waals surface area (Å²) >= 11 is 0. The van der Waals surface area contributed by atoms with Crippen LogP contribution in [0.25, 0.3) is 0 Å². The Kier molecular flexibility index (Phi) is 5.65. The fourth-order valence-corrected chi connectivity index (χ4v) is 3.28. The Hall–Kier alpha value is -1.52. The molecule has 1 fully saturated rings. The summed E-state index contributed by atoms with van der Waals surface area (Å²) in [6.07, 6.45) is 11.7. The van der Waals surface area contributed by atoms with Crippen LogP contribution in [0.15, 0.2) is 11.6 Å². The molecular formula is C16H26N2O3. The van der Waals surface area contributed by atoms with Gasteiger partial charge >= 0.3 is 12.0 Å². The smallest absolute Gasteiger partial charge is 0.329 e. The molecule has 1 saturated carbocycles. The molecule has 0 aromatic heterocycles. The average Bonchev–Trinajstić information content (AvgIpc) is 2.49. The van der Waals surface area contributed by atoms with Gasteiger partial charge in [0.25, 0.3) is 0 Å². The van der Waals surface area contributed by atoms with Crippen molar-refractivity contribution in [2.75, 3.05) is 6.54 Å². The van der Waals surface area contributed by atoms with Crippen molar-refractivity contribution in [1.29, 1.82) is 0 Å². The minimum atomic E-state index is -1.06. The van der Waals surface area contributed by atoms with Gasteiger partial charge in [-0.05, 0) is 44.9 Å². The van der Waals surface area contributed by atoms with Gasteiger partial charge in [0, 0.05) is 6.54 Å². The summed E-state index contributed by atoms with van der Waals surface area (Å²) in [7, 11) is 0. The van der Waals surface area contributed by atoms with Gasteiger partial charge in [-0.2, -0.15) is 0 Å². The van der Waals surface area contributed by atoms with Crippen LogP contribution in [0, 0.1) is 0 Å². The summed E-state index contributed by atoms with van der Waals surface area (Å²) in [5.41, 5.74) is 0.346. The van der Waals surface area contributed by atoms with E-state index in [-0.39, 0.29) is 6.03 Å². The Morgan fingerprint density at radius 2 is 1.90 bits per heavy atom. The van der Waals surface area contributed by atoms with Gasteiger partial charge in [0.1, 0.15) is 5.54 Å². The van der Waals surface area contributed by atoms with E-state index in [1.54, 1.807) is 0 Å². The number of carbonyl (C=O) groups is 2. The molecule has 5 nitrogen and oxygen atoms in total. The van der Waals surface area contributed by atoms with E-state index in [1.165, 1.54) is 18.4 Å². The number of hydrogen-bond donors (Lipinski definition) is 3. The maximum atomic E-state index is 12.0. The molecule has 0 aromatic rings. The van der Waals surface area contributed by atoms with Crippen molar-refractivity contribution in [3.05, 3.63) is 11.6 Å². The van der Waals surface area contributed by atoms with Gasteiger partial charge in [-0.25, -0.2) is 9.59 Å². The number of carbonyl (C=O) groups excluding carboxylic acids is 1. The van der Waals surface area contributed by atoms with E-state index >= 15 is 0 Å². The first-order valence-electron chi connectivity index (χ1n) is 8.10. The predicted octanol–water partition coefficient (Wildman–Crippen LogP) is 2.96. The standard InChI is InChI=1S/C16H26N2O3/c19-14(20)16(10-5-2-6-11-16)18-15(21)17-12-9-13-7-3-1-4-8-13/h7H,1-6,8-12H2,(H,19,20)(H2,17,18,21). The normalized spacial score (nSPS) is 21.2. The van der Waals surface area contributed by atoms with Crippen molar-refractivity contribution in [2.24, 2.45) is 0 Å². The van der Waals surface area contributed by atoms with Crippen molar-refractivity contribution >= 4 is 12.0 Å². The van der Waals surface area contributed by atoms with Gasteiger partial charge in [0.05, 0.1) is 0 Å². The first-order valence-corrected chi connectivity index (χ1v) is 8.10. The topological polar surface area (TPSA) is 78.4 Å². The molecule has 0 saturated heterocycles. The highest BCUT2D eigenvalue weighted by Gasteiger charge is 2.40. The van der Waals surface area contributed by atoms with E-state index in [4.69, 9.17) is 0 Å². The van der Waals surface area contributed by atoms with E-state index in [9.17, 15) is 14.7 Å². The third-order valence-electron chi connectivity index (χ3n) is 4.59. The fourth-order valence-electron chi connectivity index (χ4n) is 3.28. The number of aliphatic carboxylic acids is 1. The number of carboxylic acids is 1. The number of urea groups is 1. The SMILES string of the molecule is O=C(NCCC1=CCCCC1)NC1(C(=O)O)CCCCC1. The second-order valence-corrected chi connectivity index (χ2v) is 6.19. The molecule has 0 radical (unpaired) electrons. The molecule has 0 atom stereocenters. The Morgan fingerprint density at radius 1 is 1.14 bits per heavy atom. The van der Waals surface area contributed by atoms with Gasteiger partial charge < -0.3 is 15.7 Å². The molecule has 2 rings (SSSR count). The fraction of sp³-hybridized carbons (Fsp3) is 0.750. The molecule has 3 N–H and O–H groups in total. The summed E-state index contributed by atoms with van der Waals surface area (Å²) in [5.74, 6) is -0.910. The molecule has 118 valence electrons. The summed E-state index contributed by atoms with van der Waals surface area (Å²) in [4.78, 5) is 23.4. The number of hydrogen-bond acceptors (Lipinski definition) is 2. The highest BCUT2D eigenvalue weighted by molar-refractivity contribution is 5.86. The summed E-state index contributed by atoms with van der Waals surface area (Å²) < 4.78 is 0. The Labute approximate surface area is 126 Å². The van der Waals surface area contributed by atoms with Crippen LogP contribution in [0.2, 0.25) is 0 Å². The van der Waals surface area contributed by atoms with Crippen molar-refractivity contribution in [3.63, 3.8) is 0 Å². The Morgan fingerprint density at radius 3 is 2.52 bits per heavy atom. The Bertz CT molecular complexity index is 412. The number of allylic oxidation sites excluding steroid dienone is 1. The van der Waals surface area contributed by atoms with E-state index in [0.717, 1.165) is 38.5 Å². The monoisotopic (exact) mass is 294 g/mol. The van der Waals surface area contributed by atoms with Crippen LogP contribution in [-0.2, 0) is 4.79 Å². The molecule has 0 heterocycles. The first kappa shape index (κ1) is 15.9. The molecule has 0 aromatic carbocycles. The summed E-state index contributed by atoms with van der Waals surface area (Å²) in [6, 6.07) is -0.351. The maximum absolute atomic E-state index is 12.0. The second-order valence-electron chi connectivity index (χ2n) is 6.19. The van der Waals surface area contributed by atoms with E-state index in [2.05, 4.69) is 16.7 Å². The minimum absolute atomic E-state index is 0.351. The third-order valence-corrected chi connectivity index (χ3v) is 4.59. The molecule has 0 spiro atoms. The van der Waals surface area contributed by atoms with E-state index < -0.39 is 11.5 Å². The van der Waals surface area contributed by atoms with Crippen LogP contribution >= 0.6 is 0 Å². The Balaban J connectivity index is 1.77. The number of nitrogens with one attached hydrogen (secondary N) is 2. The van der Waals surface area contributed by atoms with Gasteiger partial charge in [0.2, 0.25) is 0 Å². The molecule has 0 aliphatic heterocycles. The quantitative estimate of drug-likeness (QED) is 0.682. The predicted molar refractivity (Wildman–Crippen MR) is 81.2 cm³/mol. The zero-order valence-electron chi connectivity index (χ0n) is 12.6. The van der Waals surface area contributed by atoms with E-state index in [1.807, 2.05) is 0 Å². The molecular weight excluding hydrogens is 268 g/mol. The van der Waals surface area contributed by atoms with Gasteiger partial charge in [0.15, 0.2) is 0 Å². The molecule has 2 aliphatic carbocycles. The first-order chi connectivity index (χ1) is 10.1. The number of rotatable bonds is 5. The zero-order chi connectivity index (χ0) is 15.1. The lowest BCUT2D eigenvalue weighted by atomic mass is 9.82. The highest BCUT2D eigenvalue weighted by atomic mass is 16.4. The lowest BCUT2D eigenvalue weighted by molar-refractivity contribution is -0.145. The third kappa shape index (κ3) is 4.48. The summed E-state index contributed by atoms with van der Waals surface area (Å²) in [6.45, 7) is 0.577. The van der Waals surface area contributed by atoms with Crippen LogP contribution in [0.5, 0.6) is 0 Å². The number of carboxylic acid groups (broad SMARTS) is 1. The lowest BCUT2D eigenvalue weighted by Crippen LogP contribution is -2.58. The summed E-state index contributed by atoms with van der Waals surface area (Å²) in [5, 5.41) is 14.9. The molecule has 5 heteroatoms. The van der Waals surface area contributed by atoms with Crippen LogP contribution in [0.1, 0.15) is 64.2 Å². The number of amides is 2. The molecule has 2 aliphatic rings. The maximum Gasteiger partial charge on any atom is 0.329 e. The highest BCUT2D eigenvalue weighted by Crippen LogP contribution is 2.28. The van der Waals surface area contributed by atoms with Gasteiger partial charge in [-0.3, -0.25) is 0 Å². The molecule has 21 heavy (non-hydrogen) atoms. The second kappa shape index (κ2) is 7.48. The molecule has 2 amide bonds. The van der Waals surface area contributed by atoms with Gasteiger partial charge in [-0.15, -0.1) is 0 Å². The lowest BCUT2D eigenvalue weighted by Gasteiger charge is -2.33. The van der Waals surface area contributed by atoms with Crippen LogP contribution < -0.4 is 10.6 Å². The van der Waals surface area contributed by atoms with Crippen molar-refractivity contribution in [3.8, 4) is 0 Å². The largest absolute Gasteiger partial charge is 0.480 e. The minimum Gasteiger partial charge on any atom is -0.480 e.